The molecule has 1 spiro atoms. The number of rotatable bonds is 4. The Balaban J connectivity index is 1.42. The Labute approximate surface area is 125 Å². The van der Waals surface area contributed by atoms with Crippen molar-refractivity contribution in [2.24, 2.45) is 11.3 Å². The van der Waals surface area contributed by atoms with E-state index >= 15 is 0 Å². The quantitative estimate of drug-likeness (QED) is 0.916. The van der Waals surface area contributed by atoms with E-state index in [0.29, 0.717) is 5.91 Å². The number of aromatic amines is 1. The minimum absolute atomic E-state index is 0.0975. The first-order chi connectivity index (χ1) is 10.3. The average molecular weight is 288 g/mol. The van der Waals surface area contributed by atoms with E-state index in [1.165, 1.54) is 19.3 Å². The molecule has 21 heavy (non-hydrogen) atoms. The van der Waals surface area contributed by atoms with E-state index < -0.39 is 0 Å². The van der Waals surface area contributed by atoms with Crippen LogP contribution in [-0.4, -0.2) is 51.9 Å². The van der Waals surface area contributed by atoms with Crippen LogP contribution in [0.5, 0.6) is 0 Å². The standard InChI is InChI=1S/C16H24N4O/c21-15-16(4-1-8-20(15)10-13-2-3-13)5-9-19(12-16)11-14-17-6-7-18-14/h6-7,13H,1-5,8-12H2,(H,17,18)/t16-/m1/s1. The van der Waals surface area contributed by atoms with Gasteiger partial charge in [-0.05, 0) is 44.6 Å². The second-order valence-corrected chi connectivity index (χ2v) is 7.07. The summed E-state index contributed by atoms with van der Waals surface area (Å²) in [6, 6.07) is 0. The van der Waals surface area contributed by atoms with E-state index in [0.717, 1.165) is 57.3 Å². The smallest absolute Gasteiger partial charge is 0.230 e. The van der Waals surface area contributed by atoms with Crippen molar-refractivity contribution in [2.45, 2.75) is 38.6 Å². The Morgan fingerprint density at radius 1 is 1.33 bits per heavy atom. The van der Waals surface area contributed by atoms with Gasteiger partial charge >= 0.3 is 0 Å². The van der Waals surface area contributed by atoms with Crippen LogP contribution in [0.3, 0.4) is 0 Å². The molecule has 3 aliphatic rings. The van der Waals surface area contributed by atoms with Gasteiger partial charge in [0.05, 0.1) is 12.0 Å². The zero-order valence-electron chi connectivity index (χ0n) is 12.6. The molecule has 1 atom stereocenters. The van der Waals surface area contributed by atoms with Gasteiger partial charge in [-0.25, -0.2) is 4.98 Å². The van der Waals surface area contributed by atoms with E-state index in [1.54, 1.807) is 6.20 Å². The number of carbonyl (C=O) groups is 1. The van der Waals surface area contributed by atoms with Crippen LogP contribution in [0.15, 0.2) is 12.4 Å². The molecule has 5 heteroatoms. The van der Waals surface area contributed by atoms with Gasteiger partial charge in [0.25, 0.3) is 0 Å². The predicted octanol–water partition coefficient (Wildman–Crippen LogP) is 1.63. The molecule has 1 aliphatic carbocycles. The summed E-state index contributed by atoms with van der Waals surface area (Å²) in [6.07, 6.45) is 9.57. The Hall–Kier alpha value is -1.36. The van der Waals surface area contributed by atoms with E-state index in [4.69, 9.17) is 0 Å². The topological polar surface area (TPSA) is 52.2 Å². The summed E-state index contributed by atoms with van der Waals surface area (Å²) < 4.78 is 0. The fourth-order valence-electron chi connectivity index (χ4n) is 4.01. The van der Waals surface area contributed by atoms with E-state index in [1.807, 2.05) is 6.20 Å². The lowest BCUT2D eigenvalue weighted by Crippen LogP contribution is -2.50. The maximum atomic E-state index is 12.9. The minimum atomic E-state index is -0.0975. The van der Waals surface area contributed by atoms with Gasteiger partial charge in [-0.2, -0.15) is 0 Å². The first kappa shape index (κ1) is 13.3. The van der Waals surface area contributed by atoms with Gasteiger partial charge < -0.3 is 9.88 Å². The Morgan fingerprint density at radius 3 is 3.00 bits per heavy atom. The number of hydrogen-bond acceptors (Lipinski definition) is 3. The highest BCUT2D eigenvalue weighted by Crippen LogP contribution is 2.41. The fourth-order valence-corrected chi connectivity index (χ4v) is 4.01. The molecule has 0 bridgehead atoms. The Bertz CT molecular complexity index is 510. The molecule has 0 aromatic carbocycles. The number of piperidine rings is 1. The van der Waals surface area contributed by atoms with Crippen LogP contribution < -0.4 is 0 Å². The van der Waals surface area contributed by atoms with Gasteiger partial charge in [0.1, 0.15) is 5.82 Å². The number of amides is 1. The van der Waals surface area contributed by atoms with Crippen LogP contribution in [0.1, 0.15) is 37.9 Å². The second-order valence-electron chi connectivity index (χ2n) is 7.07. The predicted molar refractivity (Wildman–Crippen MR) is 79.5 cm³/mol. The molecular weight excluding hydrogens is 264 g/mol. The lowest BCUT2D eigenvalue weighted by atomic mass is 9.78. The lowest BCUT2D eigenvalue weighted by molar-refractivity contribution is -0.145. The zero-order chi connectivity index (χ0) is 14.3. The van der Waals surface area contributed by atoms with Gasteiger partial charge in [-0.1, -0.05) is 0 Å². The summed E-state index contributed by atoms with van der Waals surface area (Å²) in [5.41, 5.74) is -0.0975. The van der Waals surface area contributed by atoms with Crippen LogP contribution in [0.2, 0.25) is 0 Å². The van der Waals surface area contributed by atoms with Crippen LogP contribution in [0.4, 0.5) is 0 Å². The van der Waals surface area contributed by atoms with Gasteiger partial charge in [0.2, 0.25) is 5.91 Å². The zero-order valence-corrected chi connectivity index (χ0v) is 12.6. The number of carbonyl (C=O) groups excluding carboxylic acids is 1. The van der Waals surface area contributed by atoms with Crippen molar-refractivity contribution in [3.8, 4) is 0 Å². The molecule has 1 aromatic rings. The molecule has 3 heterocycles. The number of H-pyrrole nitrogens is 1. The average Bonchev–Trinajstić information content (AvgIpc) is 2.98. The molecule has 1 N–H and O–H groups in total. The first-order valence-corrected chi connectivity index (χ1v) is 8.25. The summed E-state index contributed by atoms with van der Waals surface area (Å²) >= 11 is 0. The largest absolute Gasteiger partial charge is 0.348 e. The molecule has 1 amide bonds. The third-order valence-electron chi connectivity index (χ3n) is 5.36. The molecule has 0 radical (unpaired) electrons. The van der Waals surface area contributed by atoms with E-state index in [-0.39, 0.29) is 5.41 Å². The molecule has 0 unspecified atom stereocenters. The van der Waals surface area contributed by atoms with Crippen LogP contribution in [0, 0.1) is 11.3 Å². The minimum Gasteiger partial charge on any atom is -0.348 e. The normalized spacial score (nSPS) is 30.5. The van der Waals surface area contributed by atoms with Crippen molar-refractivity contribution in [1.82, 2.24) is 19.8 Å². The van der Waals surface area contributed by atoms with E-state index in [2.05, 4.69) is 19.8 Å². The van der Waals surface area contributed by atoms with E-state index in [9.17, 15) is 4.79 Å². The summed E-state index contributed by atoms with van der Waals surface area (Å²) in [7, 11) is 0. The van der Waals surface area contributed by atoms with Crippen LogP contribution in [-0.2, 0) is 11.3 Å². The highest BCUT2D eigenvalue weighted by Gasteiger charge is 2.48. The number of nitrogens with zero attached hydrogens (tertiary/aromatic N) is 3. The molecule has 114 valence electrons. The molecule has 3 fully saturated rings. The monoisotopic (exact) mass is 288 g/mol. The SMILES string of the molecule is O=C1N(CC2CC2)CCC[C@]12CCN(Cc1ncc[nH]1)C2. The highest BCUT2D eigenvalue weighted by molar-refractivity contribution is 5.84. The van der Waals surface area contributed by atoms with Gasteiger partial charge in [-0.15, -0.1) is 0 Å². The maximum absolute atomic E-state index is 12.9. The second kappa shape index (κ2) is 5.13. The van der Waals surface area contributed by atoms with Crippen molar-refractivity contribution in [3.05, 3.63) is 18.2 Å². The first-order valence-electron chi connectivity index (χ1n) is 8.25. The third-order valence-corrected chi connectivity index (χ3v) is 5.36. The summed E-state index contributed by atoms with van der Waals surface area (Å²) in [5.74, 6) is 2.23. The molecule has 2 aliphatic heterocycles. The lowest BCUT2D eigenvalue weighted by Gasteiger charge is -2.39. The van der Waals surface area contributed by atoms with Crippen molar-refractivity contribution in [2.75, 3.05) is 26.2 Å². The number of imidazole rings is 1. The number of aromatic nitrogens is 2. The Kier molecular flexibility index (Phi) is 3.25. The van der Waals surface area contributed by atoms with Crippen molar-refractivity contribution in [3.63, 3.8) is 0 Å². The van der Waals surface area contributed by atoms with Gasteiger partial charge in [0.15, 0.2) is 0 Å². The van der Waals surface area contributed by atoms with Crippen molar-refractivity contribution in [1.29, 1.82) is 0 Å². The molecule has 1 aromatic heterocycles. The summed E-state index contributed by atoms with van der Waals surface area (Å²) in [4.78, 5) is 25.0. The number of likely N-dealkylation sites (tertiary alicyclic amines) is 2. The molecule has 2 saturated heterocycles. The number of nitrogens with one attached hydrogen (secondary N) is 1. The number of hydrogen-bond donors (Lipinski definition) is 1. The molecule has 1 saturated carbocycles. The van der Waals surface area contributed by atoms with Gasteiger partial charge in [0, 0.05) is 32.0 Å². The molecule has 5 nitrogen and oxygen atoms in total. The van der Waals surface area contributed by atoms with Gasteiger partial charge in [-0.3, -0.25) is 9.69 Å². The molecule has 4 rings (SSSR count). The summed E-state index contributed by atoms with van der Waals surface area (Å²) in [6.45, 7) is 4.76. The maximum Gasteiger partial charge on any atom is 0.230 e. The molecular formula is C16H24N4O. The van der Waals surface area contributed by atoms with Crippen molar-refractivity contribution < 1.29 is 4.79 Å². The highest BCUT2D eigenvalue weighted by atomic mass is 16.2. The summed E-state index contributed by atoms with van der Waals surface area (Å²) in [5, 5.41) is 0. The Morgan fingerprint density at radius 2 is 2.24 bits per heavy atom. The van der Waals surface area contributed by atoms with Crippen LogP contribution >= 0.6 is 0 Å². The fraction of sp³-hybridized carbons (Fsp3) is 0.750. The van der Waals surface area contributed by atoms with Crippen molar-refractivity contribution >= 4 is 5.91 Å². The van der Waals surface area contributed by atoms with Crippen LogP contribution in [0.25, 0.3) is 0 Å². The third kappa shape index (κ3) is 2.59.